The van der Waals surface area contributed by atoms with Gasteiger partial charge in [-0.05, 0) is 44.0 Å². The van der Waals surface area contributed by atoms with Crippen LogP contribution in [-0.2, 0) is 10.0 Å². The van der Waals surface area contributed by atoms with Crippen LogP contribution in [0, 0.1) is 23.0 Å². The standard InChI is InChI=1S/C18H29NO4Si/c1-13-8-7-9-15(16(13)19(21)22)18(20)11-10-14(18)12-23-24(5,6)17(2,3)4/h7-9,14,20H,10-12H2,1-6H3. The predicted octanol–water partition coefficient (Wildman–Crippen LogP) is 4.52. The minimum Gasteiger partial charge on any atom is -0.416 e. The van der Waals surface area contributed by atoms with Crippen molar-refractivity contribution in [1.82, 2.24) is 0 Å². The highest BCUT2D eigenvalue weighted by molar-refractivity contribution is 6.74. The molecule has 0 heterocycles. The summed E-state index contributed by atoms with van der Waals surface area (Å²) in [4.78, 5) is 11.1. The molecular formula is C18H29NO4Si. The van der Waals surface area contributed by atoms with Gasteiger partial charge in [0.2, 0.25) is 0 Å². The van der Waals surface area contributed by atoms with Crippen molar-refractivity contribution in [2.45, 2.75) is 64.3 Å². The van der Waals surface area contributed by atoms with Gasteiger partial charge >= 0.3 is 0 Å². The minimum absolute atomic E-state index is 0.0389. The van der Waals surface area contributed by atoms with Gasteiger partial charge in [-0.3, -0.25) is 10.1 Å². The van der Waals surface area contributed by atoms with Gasteiger partial charge in [0, 0.05) is 18.1 Å². The maximum absolute atomic E-state index is 11.5. The number of nitro groups is 1. The summed E-state index contributed by atoms with van der Waals surface area (Å²) in [6, 6.07) is 5.17. The van der Waals surface area contributed by atoms with Crippen LogP contribution in [0.4, 0.5) is 5.69 Å². The van der Waals surface area contributed by atoms with Crippen molar-refractivity contribution in [2.75, 3.05) is 6.61 Å². The van der Waals surface area contributed by atoms with Crippen LogP contribution in [0.25, 0.3) is 0 Å². The molecule has 0 saturated heterocycles. The van der Waals surface area contributed by atoms with Gasteiger partial charge in [0.1, 0.15) is 5.60 Å². The normalized spacial score (nSPS) is 24.5. The van der Waals surface area contributed by atoms with E-state index in [9.17, 15) is 15.2 Å². The molecule has 24 heavy (non-hydrogen) atoms. The second kappa shape index (κ2) is 6.24. The molecule has 1 aromatic rings. The molecule has 0 amide bonds. The number of nitro benzene ring substituents is 1. The topological polar surface area (TPSA) is 72.6 Å². The van der Waals surface area contributed by atoms with E-state index >= 15 is 0 Å². The number of nitrogens with zero attached hydrogens (tertiary/aromatic N) is 1. The monoisotopic (exact) mass is 351 g/mol. The molecule has 0 bridgehead atoms. The lowest BCUT2D eigenvalue weighted by atomic mass is 9.65. The fourth-order valence-electron chi connectivity index (χ4n) is 2.97. The average molecular weight is 352 g/mol. The van der Waals surface area contributed by atoms with Crippen LogP contribution >= 0.6 is 0 Å². The number of aliphatic hydroxyl groups is 1. The maximum atomic E-state index is 11.5. The van der Waals surface area contributed by atoms with E-state index in [0.717, 1.165) is 6.42 Å². The smallest absolute Gasteiger partial charge is 0.278 e. The minimum atomic E-state index is -1.90. The molecule has 0 radical (unpaired) electrons. The zero-order chi connectivity index (χ0) is 18.3. The number of rotatable bonds is 5. The van der Waals surface area contributed by atoms with Crippen molar-refractivity contribution in [2.24, 2.45) is 5.92 Å². The summed E-state index contributed by atoms with van der Waals surface area (Å²) in [5.41, 5.74) is -0.0990. The van der Waals surface area contributed by atoms with E-state index in [0.29, 0.717) is 24.2 Å². The van der Waals surface area contributed by atoms with Crippen molar-refractivity contribution < 1.29 is 14.5 Å². The zero-order valence-corrected chi connectivity index (χ0v) is 16.5. The van der Waals surface area contributed by atoms with Crippen molar-refractivity contribution in [3.63, 3.8) is 0 Å². The van der Waals surface area contributed by atoms with Gasteiger partial charge in [-0.25, -0.2) is 0 Å². The van der Waals surface area contributed by atoms with Gasteiger partial charge in [-0.2, -0.15) is 0 Å². The van der Waals surface area contributed by atoms with E-state index in [1.165, 1.54) is 0 Å². The highest BCUT2D eigenvalue weighted by Gasteiger charge is 2.51. The van der Waals surface area contributed by atoms with Gasteiger partial charge in [0.25, 0.3) is 5.69 Å². The van der Waals surface area contributed by atoms with Gasteiger partial charge in [0.15, 0.2) is 8.32 Å². The Morgan fingerprint density at radius 1 is 1.42 bits per heavy atom. The van der Waals surface area contributed by atoms with Gasteiger partial charge in [-0.1, -0.05) is 32.9 Å². The van der Waals surface area contributed by atoms with Crippen LogP contribution in [0.2, 0.25) is 18.1 Å². The Morgan fingerprint density at radius 3 is 2.50 bits per heavy atom. The SMILES string of the molecule is Cc1cccc(C2(O)CCC2CO[Si](C)(C)C(C)(C)C)c1[N+](=O)[O-]. The van der Waals surface area contributed by atoms with Crippen LogP contribution in [0.3, 0.4) is 0 Å². The number of aryl methyl sites for hydroxylation is 1. The van der Waals surface area contributed by atoms with Gasteiger partial charge in [-0.15, -0.1) is 0 Å². The van der Waals surface area contributed by atoms with E-state index in [-0.39, 0.29) is 21.6 Å². The summed E-state index contributed by atoms with van der Waals surface area (Å²) in [6.07, 6.45) is 1.37. The average Bonchev–Trinajstić information content (AvgIpc) is 2.43. The van der Waals surface area contributed by atoms with Crippen LogP contribution in [0.5, 0.6) is 0 Å². The molecule has 134 valence electrons. The van der Waals surface area contributed by atoms with E-state index in [1.807, 2.05) is 0 Å². The van der Waals surface area contributed by atoms with Crippen LogP contribution < -0.4 is 0 Å². The van der Waals surface area contributed by atoms with Crippen LogP contribution in [0.1, 0.15) is 44.7 Å². The largest absolute Gasteiger partial charge is 0.416 e. The molecule has 1 saturated carbocycles. The lowest BCUT2D eigenvalue weighted by Crippen LogP contribution is -2.50. The molecule has 0 aliphatic heterocycles. The molecule has 5 nitrogen and oxygen atoms in total. The molecule has 1 N–H and O–H groups in total. The Hall–Kier alpha value is -1.24. The third-order valence-electron chi connectivity index (χ3n) is 5.89. The van der Waals surface area contributed by atoms with E-state index in [4.69, 9.17) is 4.43 Å². The molecule has 0 aromatic heterocycles. The van der Waals surface area contributed by atoms with E-state index < -0.39 is 13.9 Å². The van der Waals surface area contributed by atoms with Gasteiger partial charge < -0.3 is 9.53 Å². The number of hydrogen-bond donors (Lipinski definition) is 1. The second-order valence-corrected chi connectivity index (χ2v) is 13.3. The molecule has 6 heteroatoms. The van der Waals surface area contributed by atoms with Gasteiger partial charge in [0.05, 0.1) is 10.5 Å². The lowest BCUT2D eigenvalue weighted by Gasteiger charge is -2.47. The summed E-state index contributed by atoms with van der Waals surface area (Å²) < 4.78 is 6.25. The molecule has 2 unspecified atom stereocenters. The maximum Gasteiger partial charge on any atom is 0.278 e. The number of hydrogen-bond acceptors (Lipinski definition) is 4. The first-order valence-electron chi connectivity index (χ1n) is 8.51. The molecule has 0 spiro atoms. The Kier molecular flexibility index (Phi) is 4.96. The van der Waals surface area contributed by atoms with Crippen molar-refractivity contribution in [3.05, 3.63) is 39.4 Å². The molecule has 1 aromatic carbocycles. The van der Waals surface area contributed by atoms with E-state index in [2.05, 4.69) is 33.9 Å². The first-order chi connectivity index (χ1) is 10.9. The number of benzene rings is 1. The summed E-state index contributed by atoms with van der Waals surface area (Å²) in [5.74, 6) is -0.0906. The van der Waals surface area contributed by atoms with Crippen LogP contribution in [-0.4, -0.2) is 25.0 Å². The second-order valence-electron chi connectivity index (χ2n) is 8.46. The molecular weight excluding hydrogens is 322 g/mol. The molecule has 2 rings (SSSR count). The quantitative estimate of drug-likeness (QED) is 0.481. The summed E-state index contributed by atoms with van der Waals surface area (Å²) in [7, 11) is -1.90. The Labute approximate surface area is 145 Å². The Balaban J connectivity index is 2.24. The predicted molar refractivity (Wildman–Crippen MR) is 97.6 cm³/mol. The first-order valence-corrected chi connectivity index (χ1v) is 11.4. The lowest BCUT2D eigenvalue weighted by molar-refractivity contribution is -0.388. The molecule has 1 aliphatic carbocycles. The third kappa shape index (κ3) is 3.27. The van der Waals surface area contributed by atoms with Crippen molar-refractivity contribution >= 4 is 14.0 Å². The first kappa shape index (κ1) is 19.1. The van der Waals surface area contributed by atoms with Crippen molar-refractivity contribution in [1.29, 1.82) is 0 Å². The zero-order valence-electron chi connectivity index (χ0n) is 15.5. The highest BCUT2D eigenvalue weighted by atomic mass is 28.4. The molecule has 1 aliphatic rings. The van der Waals surface area contributed by atoms with Crippen LogP contribution in [0.15, 0.2) is 18.2 Å². The number of para-hydroxylation sites is 1. The fraction of sp³-hybridized carbons (Fsp3) is 0.667. The van der Waals surface area contributed by atoms with E-state index in [1.54, 1.807) is 25.1 Å². The molecule has 1 fully saturated rings. The molecule has 2 atom stereocenters. The summed E-state index contributed by atoms with van der Waals surface area (Å²) >= 11 is 0. The highest BCUT2D eigenvalue weighted by Crippen LogP contribution is 2.50. The van der Waals surface area contributed by atoms with Crippen molar-refractivity contribution in [3.8, 4) is 0 Å². The Morgan fingerprint density at radius 2 is 2.04 bits per heavy atom. The third-order valence-corrected chi connectivity index (χ3v) is 10.4. The summed E-state index contributed by atoms with van der Waals surface area (Å²) in [5, 5.41) is 22.7. The summed E-state index contributed by atoms with van der Waals surface area (Å²) in [6.45, 7) is 13.1. The Bertz CT molecular complexity index is 638. The fourth-order valence-corrected chi connectivity index (χ4v) is 4.02.